The molecular formula is C9H8FN3S. The first-order chi connectivity index (χ1) is 6.75. The minimum Gasteiger partial charge on any atom is -0.383 e. The molecule has 0 fully saturated rings. The van der Waals surface area contributed by atoms with Crippen LogP contribution in [0.2, 0.25) is 0 Å². The molecule has 0 atom stereocenters. The van der Waals surface area contributed by atoms with Crippen molar-refractivity contribution < 1.29 is 4.39 Å². The van der Waals surface area contributed by atoms with Crippen LogP contribution in [0.25, 0.3) is 0 Å². The van der Waals surface area contributed by atoms with Gasteiger partial charge in [0.1, 0.15) is 11.6 Å². The molecule has 3 nitrogen and oxygen atoms in total. The van der Waals surface area contributed by atoms with E-state index in [0.29, 0.717) is 5.82 Å². The number of halogens is 1. The molecule has 0 aliphatic carbocycles. The Morgan fingerprint density at radius 2 is 2.00 bits per heavy atom. The molecule has 3 N–H and O–H groups in total. The molecule has 0 radical (unpaired) electrons. The summed E-state index contributed by atoms with van der Waals surface area (Å²) in [4.78, 5) is 1.77. The molecular weight excluding hydrogens is 201 g/mol. The van der Waals surface area contributed by atoms with Crippen molar-refractivity contribution in [1.82, 2.24) is 10.2 Å². The molecule has 0 bridgehead atoms. The van der Waals surface area contributed by atoms with Crippen LogP contribution in [-0.2, 0) is 0 Å². The number of nitrogens with one attached hydrogen (secondary N) is 1. The van der Waals surface area contributed by atoms with Gasteiger partial charge in [-0.1, -0.05) is 11.8 Å². The number of aromatic nitrogens is 2. The summed E-state index contributed by atoms with van der Waals surface area (Å²) in [6.45, 7) is 0. The van der Waals surface area contributed by atoms with E-state index in [9.17, 15) is 4.39 Å². The van der Waals surface area contributed by atoms with E-state index in [2.05, 4.69) is 10.2 Å². The van der Waals surface area contributed by atoms with Crippen molar-refractivity contribution in [2.75, 3.05) is 5.73 Å². The van der Waals surface area contributed by atoms with Crippen molar-refractivity contribution in [2.45, 2.75) is 9.79 Å². The number of rotatable bonds is 2. The fourth-order valence-electron chi connectivity index (χ4n) is 0.996. The summed E-state index contributed by atoms with van der Waals surface area (Å²) < 4.78 is 12.6. The van der Waals surface area contributed by atoms with Gasteiger partial charge in [-0.2, -0.15) is 5.10 Å². The maximum absolute atomic E-state index is 12.6. The van der Waals surface area contributed by atoms with Gasteiger partial charge in [-0.25, -0.2) is 4.39 Å². The van der Waals surface area contributed by atoms with Crippen LogP contribution in [0.5, 0.6) is 0 Å². The van der Waals surface area contributed by atoms with E-state index in [-0.39, 0.29) is 5.82 Å². The number of hydrogen-bond donors (Lipinski definition) is 2. The Kier molecular flexibility index (Phi) is 2.41. The van der Waals surface area contributed by atoms with Crippen molar-refractivity contribution in [2.24, 2.45) is 0 Å². The second-order valence-corrected chi connectivity index (χ2v) is 3.82. The molecule has 0 saturated heterocycles. The highest BCUT2D eigenvalue weighted by molar-refractivity contribution is 7.99. The Labute approximate surface area is 84.5 Å². The molecule has 1 heterocycles. The summed E-state index contributed by atoms with van der Waals surface area (Å²) in [5, 5.41) is 6.42. The minimum atomic E-state index is -0.241. The fourth-order valence-corrected chi connectivity index (χ4v) is 1.78. The Balaban J connectivity index is 2.19. The lowest BCUT2D eigenvalue weighted by atomic mass is 10.4. The smallest absolute Gasteiger partial charge is 0.133 e. The highest BCUT2D eigenvalue weighted by Crippen LogP contribution is 2.30. The van der Waals surface area contributed by atoms with Gasteiger partial charge in [-0.05, 0) is 24.3 Å². The zero-order valence-corrected chi connectivity index (χ0v) is 8.01. The second kappa shape index (κ2) is 3.71. The van der Waals surface area contributed by atoms with E-state index in [1.807, 2.05) is 0 Å². The first-order valence-corrected chi connectivity index (χ1v) is 4.79. The Bertz CT molecular complexity index is 424. The highest BCUT2D eigenvalue weighted by atomic mass is 32.2. The van der Waals surface area contributed by atoms with E-state index >= 15 is 0 Å². The van der Waals surface area contributed by atoms with E-state index in [1.54, 1.807) is 18.3 Å². The van der Waals surface area contributed by atoms with Gasteiger partial charge >= 0.3 is 0 Å². The molecule has 0 aliphatic heterocycles. The maximum atomic E-state index is 12.6. The largest absolute Gasteiger partial charge is 0.383 e. The number of anilines is 1. The summed E-state index contributed by atoms with van der Waals surface area (Å²) in [6, 6.07) is 6.23. The summed E-state index contributed by atoms with van der Waals surface area (Å²) in [5.74, 6) is 0.286. The van der Waals surface area contributed by atoms with Gasteiger partial charge in [-0.15, -0.1) is 0 Å². The van der Waals surface area contributed by atoms with Crippen LogP contribution in [0.1, 0.15) is 0 Å². The predicted octanol–water partition coefficient (Wildman–Crippen LogP) is 2.28. The third kappa shape index (κ3) is 1.88. The van der Waals surface area contributed by atoms with E-state index in [1.165, 1.54) is 23.9 Å². The van der Waals surface area contributed by atoms with E-state index in [4.69, 9.17) is 5.73 Å². The monoisotopic (exact) mass is 209 g/mol. The normalized spacial score (nSPS) is 10.4. The van der Waals surface area contributed by atoms with Crippen molar-refractivity contribution in [1.29, 1.82) is 0 Å². The molecule has 0 spiro atoms. The molecule has 5 heteroatoms. The van der Waals surface area contributed by atoms with Gasteiger partial charge < -0.3 is 5.73 Å². The van der Waals surface area contributed by atoms with Crippen LogP contribution in [0.3, 0.4) is 0 Å². The van der Waals surface area contributed by atoms with Crippen LogP contribution >= 0.6 is 11.8 Å². The molecule has 2 aromatic rings. The topological polar surface area (TPSA) is 54.7 Å². The zero-order chi connectivity index (χ0) is 9.97. The fraction of sp³-hybridized carbons (Fsp3) is 0. The van der Waals surface area contributed by atoms with Gasteiger partial charge in [0.05, 0.1) is 11.1 Å². The van der Waals surface area contributed by atoms with Crippen LogP contribution in [0.15, 0.2) is 40.3 Å². The molecule has 0 saturated carbocycles. The average Bonchev–Trinajstić information content (AvgIpc) is 2.56. The second-order valence-electron chi connectivity index (χ2n) is 2.70. The Morgan fingerprint density at radius 1 is 1.29 bits per heavy atom. The molecule has 2 rings (SSSR count). The maximum Gasteiger partial charge on any atom is 0.133 e. The first-order valence-electron chi connectivity index (χ1n) is 3.98. The summed E-state index contributed by atoms with van der Waals surface area (Å²) in [5.41, 5.74) is 5.61. The molecule has 1 aromatic heterocycles. The standard InChI is InChI=1S/C9H8FN3S/c10-6-1-3-7(4-2-6)14-8-5-12-13-9(8)11/h1-5H,(H3,11,12,13). The zero-order valence-electron chi connectivity index (χ0n) is 7.20. The van der Waals surface area contributed by atoms with E-state index in [0.717, 1.165) is 9.79 Å². The van der Waals surface area contributed by atoms with Crippen LogP contribution in [0.4, 0.5) is 10.2 Å². The van der Waals surface area contributed by atoms with Crippen molar-refractivity contribution in [3.05, 3.63) is 36.3 Å². The number of H-pyrrole nitrogens is 1. The van der Waals surface area contributed by atoms with Gasteiger partial charge in [-0.3, -0.25) is 5.10 Å². The third-order valence-corrected chi connectivity index (χ3v) is 2.73. The third-order valence-electron chi connectivity index (χ3n) is 1.67. The Hall–Kier alpha value is -1.49. The predicted molar refractivity (Wildman–Crippen MR) is 53.5 cm³/mol. The van der Waals surface area contributed by atoms with Crippen molar-refractivity contribution >= 4 is 17.6 Å². The van der Waals surface area contributed by atoms with Crippen molar-refractivity contribution in [3.8, 4) is 0 Å². The molecule has 0 unspecified atom stereocenters. The van der Waals surface area contributed by atoms with Gasteiger partial charge in [0, 0.05) is 4.90 Å². The average molecular weight is 209 g/mol. The van der Waals surface area contributed by atoms with Gasteiger partial charge in [0.15, 0.2) is 0 Å². The lowest BCUT2D eigenvalue weighted by Gasteiger charge is -1.98. The molecule has 0 aliphatic rings. The number of nitrogen functional groups attached to an aromatic ring is 1. The van der Waals surface area contributed by atoms with Crippen LogP contribution in [0, 0.1) is 5.82 Å². The van der Waals surface area contributed by atoms with Crippen molar-refractivity contribution in [3.63, 3.8) is 0 Å². The lowest BCUT2D eigenvalue weighted by molar-refractivity contribution is 0.626. The number of hydrogen-bond acceptors (Lipinski definition) is 3. The number of nitrogens with zero attached hydrogens (tertiary/aromatic N) is 1. The van der Waals surface area contributed by atoms with Crippen LogP contribution in [-0.4, -0.2) is 10.2 Å². The SMILES string of the molecule is Nc1[nH]ncc1Sc1ccc(F)cc1. The van der Waals surface area contributed by atoms with Crippen LogP contribution < -0.4 is 5.73 Å². The number of nitrogens with two attached hydrogens (primary N) is 1. The van der Waals surface area contributed by atoms with Gasteiger partial charge in [0.2, 0.25) is 0 Å². The van der Waals surface area contributed by atoms with E-state index < -0.39 is 0 Å². The Morgan fingerprint density at radius 3 is 2.57 bits per heavy atom. The number of benzene rings is 1. The molecule has 1 aromatic carbocycles. The van der Waals surface area contributed by atoms with Gasteiger partial charge in [0.25, 0.3) is 0 Å². The number of aromatic amines is 1. The minimum absolute atomic E-state index is 0.241. The first kappa shape index (κ1) is 9.08. The highest BCUT2D eigenvalue weighted by Gasteiger charge is 2.03. The molecule has 72 valence electrons. The lowest BCUT2D eigenvalue weighted by Crippen LogP contribution is -1.85. The quantitative estimate of drug-likeness (QED) is 0.797. The summed E-state index contributed by atoms with van der Waals surface area (Å²) in [7, 11) is 0. The summed E-state index contributed by atoms with van der Waals surface area (Å²) >= 11 is 1.44. The molecule has 14 heavy (non-hydrogen) atoms. The summed E-state index contributed by atoms with van der Waals surface area (Å²) in [6.07, 6.45) is 1.64. The molecule has 0 amide bonds.